The van der Waals surface area contributed by atoms with Crippen LogP contribution < -0.4 is 18.9 Å². The summed E-state index contributed by atoms with van der Waals surface area (Å²) in [7, 11) is 0. The zero-order valence-electron chi connectivity index (χ0n) is 22.8. The topological polar surface area (TPSA) is 117 Å². The first kappa shape index (κ1) is 30.0. The van der Waals surface area contributed by atoms with Gasteiger partial charge in [0.1, 0.15) is 26.4 Å². The highest BCUT2D eigenvalue weighted by atomic mass is 16.6. The Morgan fingerprint density at radius 3 is 0.925 bits per heavy atom. The summed E-state index contributed by atoms with van der Waals surface area (Å²) in [6.07, 6.45) is 0. The molecule has 0 fully saturated rings. The summed E-state index contributed by atoms with van der Waals surface area (Å²) in [6, 6.07) is 10.8. The van der Waals surface area contributed by atoms with Gasteiger partial charge in [-0.3, -0.25) is 0 Å². The van der Waals surface area contributed by atoms with Gasteiger partial charge in [-0.25, -0.2) is 0 Å². The van der Waals surface area contributed by atoms with E-state index in [1.165, 1.54) is 0 Å². The Morgan fingerprint density at radius 2 is 0.600 bits per heavy atom. The summed E-state index contributed by atoms with van der Waals surface area (Å²) >= 11 is 0. The van der Waals surface area contributed by atoms with Crippen molar-refractivity contribution >= 4 is 11.4 Å². The molecule has 0 unspecified atom stereocenters. The van der Waals surface area contributed by atoms with E-state index < -0.39 is 0 Å². The fourth-order valence-electron chi connectivity index (χ4n) is 3.62. The average Bonchev–Trinajstić information content (AvgIpc) is 2.99. The second-order valence-electron chi connectivity index (χ2n) is 8.53. The van der Waals surface area contributed by atoms with Gasteiger partial charge < -0.3 is 47.4 Å². The van der Waals surface area contributed by atoms with Gasteiger partial charge in [0.05, 0.1) is 90.7 Å². The molecule has 2 aliphatic rings. The van der Waals surface area contributed by atoms with E-state index in [1.807, 2.05) is 12.1 Å². The lowest BCUT2D eigenvalue weighted by Crippen LogP contribution is -2.13. The first-order valence-electron chi connectivity index (χ1n) is 13.6. The molecule has 2 aromatic rings. The van der Waals surface area contributed by atoms with E-state index in [1.54, 1.807) is 24.3 Å². The van der Waals surface area contributed by atoms with Crippen molar-refractivity contribution in [3.63, 3.8) is 0 Å². The van der Waals surface area contributed by atoms with Crippen LogP contribution >= 0.6 is 0 Å². The van der Waals surface area contributed by atoms with Crippen LogP contribution in [-0.2, 0) is 28.4 Å². The number of fused-ring (bicyclic) bond motifs is 2. The number of azo groups is 1. The molecule has 0 aromatic heterocycles. The first-order chi connectivity index (χ1) is 19.9. The molecule has 0 bridgehead atoms. The second kappa shape index (κ2) is 18.4. The van der Waals surface area contributed by atoms with Gasteiger partial charge in [-0.2, -0.15) is 10.2 Å². The summed E-state index contributed by atoms with van der Waals surface area (Å²) in [6.45, 7) is 7.28. The van der Waals surface area contributed by atoms with Crippen LogP contribution in [0.3, 0.4) is 0 Å². The maximum absolute atomic E-state index is 5.92. The summed E-state index contributed by atoms with van der Waals surface area (Å²) < 4.78 is 56.6. The van der Waals surface area contributed by atoms with Crippen molar-refractivity contribution in [2.24, 2.45) is 10.2 Å². The third-order valence-electron chi connectivity index (χ3n) is 5.56. The van der Waals surface area contributed by atoms with Crippen molar-refractivity contribution in [2.75, 3.05) is 106 Å². The summed E-state index contributed by atoms with van der Waals surface area (Å²) in [5.74, 6) is 2.30. The van der Waals surface area contributed by atoms with Crippen LogP contribution in [0.4, 0.5) is 11.4 Å². The minimum absolute atomic E-state index is 0.359. The van der Waals surface area contributed by atoms with Gasteiger partial charge >= 0.3 is 0 Å². The molecule has 4 rings (SSSR count). The largest absolute Gasteiger partial charge is 0.487 e. The molecule has 2 aliphatic heterocycles. The molecule has 0 saturated carbocycles. The molecule has 0 amide bonds. The van der Waals surface area contributed by atoms with E-state index in [0.717, 1.165) is 0 Å². The third kappa shape index (κ3) is 11.2. The summed E-state index contributed by atoms with van der Waals surface area (Å²) in [5.41, 5.74) is 1.21. The average molecular weight is 563 g/mol. The lowest BCUT2D eigenvalue weighted by atomic mass is 10.2. The Hall–Kier alpha value is -3.00. The summed E-state index contributed by atoms with van der Waals surface area (Å²) in [4.78, 5) is 0. The van der Waals surface area contributed by atoms with E-state index in [2.05, 4.69) is 10.2 Å². The van der Waals surface area contributed by atoms with Crippen LogP contribution in [0.15, 0.2) is 46.6 Å². The van der Waals surface area contributed by atoms with E-state index in [9.17, 15) is 0 Å². The predicted molar refractivity (Wildman–Crippen MR) is 144 cm³/mol. The Kier molecular flexibility index (Phi) is 13.8. The van der Waals surface area contributed by atoms with Crippen molar-refractivity contribution in [1.29, 1.82) is 0 Å². The van der Waals surface area contributed by atoms with Gasteiger partial charge in [0.2, 0.25) is 0 Å². The molecule has 0 spiro atoms. The maximum atomic E-state index is 5.92. The quantitative estimate of drug-likeness (QED) is 0.501. The van der Waals surface area contributed by atoms with Crippen LogP contribution in [0.25, 0.3) is 0 Å². The highest BCUT2D eigenvalue weighted by Gasteiger charge is 2.10. The van der Waals surface area contributed by atoms with Crippen molar-refractivity contribution < 1.29 is 47.4 Å². The fourth-order valence-corrected chi connectivity index (χ4v) is 3.62. The lowest BCUT2D eigenvalue weighted by Gasteiger charge is -2.14. The van der Waals surface area contributed by atoms with Crippen LogP contribution in [0.2, 0.25) is 0 Å². The second-order valence-corrected chi connectivity index (χ2v) is 8.53. The molecular weight excluding hydrogens is 524 g/mol. The zero-order valence-corrected chi connectivity index (χ0v) is 22.8. The predicted octanol–water partition coefficient (Wildman–Crippen LogP) is 3.74. The number of nitrogens with zero attached hydrogens (tertiary/aromatic N) is 2. The van der Waals surface area contributed by atoms with Gasteiger partial charge in [-0.15, -0.1) is 0 Å². The molecule has 12 heteroatoms. The molecule has 0 N–H and O–H groups in total. The van der Waals surface area contributed by atoms with E-state index in [0.29, 0.717) is 140 Å². The standard InChI is InChI=1S/C28H38N2O10/c1-3-25-27(39-19-15-35-11-7-31-5-9-33-13-17-37-25)21-23(1)29-30-24-2-4-26-28(22-24)40-20-16-36-12-8-32-6-10-34-14-18-38-26/h1-4,21-22H,5-20H2. The van der Waals surface area contributed by atoms with Gasteiger partial charge in [-0.05, 0) is 24.3 Å². The Morgan fingerprint density at radius 1 is 0.325 bits per heavy atom. The molecular formula is C28H38N2O10. The zero-order chi connectivity index (χ0) is 27.5. The van der Waals surface area contributed by atoms with Crippen molar-refractivity contribution in [1.82, 2.24) is 0 Å². The highest BCUT2D eigenvalue weighted by molar-refractivity contribution is 5.54. The van der Waals surface area contributed by atoms with E-state index >= 15 is 0 Å². The highest BCUT2D eigenvalue weighted by Crippen LogP contribution is 2.35. The normalized spacial score (nSPS) is 19.5. The molecule has 0 radical (unpaired) electrons. The monoisotopic (exact) mass is 562 g/mol. The lowest BCUT2D eigenvalue weighted by molar-refractivity contribution is 0.00708. The maximum Gasteiger partial charge on any atom is 0.163 e. The van der Waals surface area contributed by atoms with E-state index in [-0.39, 0.29) is 0 Å². The molecule has 40 heavy (non-hydrogen) atoms. The third-order valence-corrected chi connectivity index (χ3v) is 5.56. The SMILES string of the molecule is c1cc2c(cc1N=Nc1ccc3c(c1)OCCOCCOCCOCCO3)OCCOCCOCCOCCO2. The van der Waals surface area contributed by atoms with Crippen LogP contribution in [0.1, 0.15) is 0 Å². The molecule has 220 valence electrons. The molecule has 12 nitrogen and oxygen atoms in total. The van der Waals surface area contributed by atoms with Crippen LogP contribution in [0, 0.1) is 0 Å². The number of rotatable bonds is 2. The Bertz CT molecular complexity index is 943. The van der Waals surface area contributed by atoms with Gasteiger partial charge in [-0.1, -0.05) is 0 Å². The number of hydrogen-bond acceptors (Lipinski definition) is 12. The number of hydrogen-bond donors (Lipinski definition) is 0. The van der Waals surface area contributed by atoms with Crippen molar-refractivity contribution in [3.8, 4) is 23.0 Å². The fraction of sp³-hybridized carbons (Fsp3) is 0.571. The minimum atomic E-state index is 0.359. The molecule has 2 heterocycles. The van der Waals surface area contributed by atoms with Gasteiger partial charge in [0.15, 0.2) is 23.0 Å². The minimum Gasteiger partial charge on any atom is -0.487 e. The van der Waals surface area contributed by atoms with Crippen molar-refractivity contribution in [2.45, 2.75) is 0 Å². The molecule has 2 aromatic carbocycles. The number of benzene rings is 2. The van der Waals surface area contributed by atoms with Gasteiger partial charge in [0.25, 0.3) is 0 Å². The van der Waals surface area contributed by atoms with Crippen molar-refractivity contribution in [3.05, 3.63) is 36.4 Å². The molecule has 0 saturated heterocycles. The summed E-state index contributed by atoms with van der Waals surface area (Å²) in [5, 5.41) is 8.80. The van der Waals surface area contributed by atoms with Crippen LogP contribution in [-0.4, -0.2) is 106 Å². The molecule has 0 aliphatic carbocycles. The Labute approximate surface area is 234 Å². The molecule has 0 atom stereocenters. The van der Waals surface area contributed by atoms with E-state index in [4.69, 9.17) is 47.4 Å². The number of ether oxygens (including phenoxy) is 10. The van der Waals surface area contributed by atoms with Gasteiger partial charge in [0, 0.05) is 12.1 Å². The smallest absolute Gasteiger partial charge is 0.163 e. The first-order valence-corrected chi connectivity index (χ1v) is 13.6. The van der Waals surface area contributed by atoms with Crippen LogP contribution in [0.5, 0.6) is 23.0 Å². The Balaban J connectivity index is 1.41.